The number of amides is 1. The first-order valence-electron chi connectivity index (χ1n) is 7.41. The van der Waals surface area contributed by atoms with E-state index in [1.54, 1.807) is 31.2 Å². The van der Waals surface area contributed by atoms with Crippen molar-refractivity contribution in [1.29, 1.82) is 5.26 Å². The molecule has 0 saturated carbocycles. The van der Waals surface area contributed by atoms with Crippen molar-refractivity contribution in [2.75, 3.05) is 17.2 Å². The van der Waals surface area contributed by atoms with Crippen LogP contribution in [0.25, 0.3) is 0 Å². The van der Waals surface area contributed by atoms with Crippen LogP contribution in [0.2, 0.25) is 0 Å². The second kappa shape index (κ2) is 8.61. The molecule has 128 valence electrons. The maximum Gasteiger partial charge on any atom is 0.340 e. The maximum absolute atomic E-state index is 12.3. The van der Waals surface area contributed by atoms with Crippen molar-refractivity contribution in [1.82, 2.24) is 4.98 Å². The van der Waals surface area contributed by atoms with Crippen LogP contribution >= 0.6 is 11.3 Å². The van der Waals surface area contributed by atoms with Gasteiger partial charge in [-0.2, -0.15) is 5.26 Å². The van der Waals surface area contributed by atoms with E-state index in [4.69, 9.17) is 4.74 Å². The van der Waals surface area contributed by atoms with Gasteiger partial charge in [-0.1, -0.05) is 12.1 Å². The smallest absolute Gasteiger partial charge is 0.340 e. The van der Waals surface area contributed by atoms with E-state index in [9.17, 15) is 14.9 Å². The first kappa shape index (κ1) is 18.2. The molecule has 8 heteroatoms. The summed E-state index contributed by atoms with van der Waals surface area (Å²) in [5.74, 6) is -1.18. The molecule has 7 nitrogen and oxygen atoms in total. The van der Waals surface area contributed by atoms with Crippen molar-refractivity contribution in [3.8, 4) is 6.07 Å². The molecule has 2 rings (SSSR count). The van der Waals surface area contributed by atoms with E-state index in [2.05, 4.69) is 15.6 Å². The van der Waals surface area contributed by atoms with E-state index in [1.165, 1.54) is 17.5 Å². The zero-order valence-corrected chi connectivity index (χ0v) is 14.5. The molecule has 25 heavy (non-hydrogen) atoms. The summed E-state index contributed by atoms with van der Waals surface area (Å²) in [6, 6.07) is 8.26. The highest BCUT2D eigenvalue weighted by Crippen LogP contribution is 2.18. The third kappa shape index (κ3) is 4.89. The number of nitriles is 1. The molecule has 0 aliphatic carbocycles. The van der Waals surface area contributed by atoms with Crippen LogP contribution in [0.15, 0.2) is 41.4 Å². The summed E-state index contributed by atoms with van der Waals surface area (Å²) in [4.78, 5) is 28.4. The molecule has 1 aromatic heterocycles. The number of rotatable bonds is 6. The van der Waals surface area contributed by atoms with Gasteiger partial charge in [0.25, 0.3) is 5.91 Å². The zero-order valence-electron chi connectivity index (χ0n) is 13.7. The minimum atomic E-state index is -0.639. The fourth-order valence-electron chi connectivity index (χ4n) is 1.87. The number of hydrogen-bond donors (Lipinski definition) is 2. The third-order valence-corrected chi connectivity index (χ3v) is 3.89. The van der Waals surface area contributed by atoms with E-state index >= 15 is 0 Å². The second-order valence-corrected chi connectivity index (χ2v) is 5.69. The molecule has 1 heterocycles. The molecule has 1 amide bonds. The van der Waals surface area contributed by atoms with Gasteiger partial charge in [0.15, 0.2) is 5.13 Å². The van der Waals surface area contributed by atoms with Crippen molar-refractivity contribution in [2.45, 2.75) is 13.8 Å². The second-order valence-electron chi connectivity index (χ2n) is 4.83. The number of ether oxygens (including phenoxy) is 1. The average Bonchev–Trinajstić information content (AvgIpc) is 3.01. The highest BCUT2D eigenvalue weighted by molar-refractivity contribution is 7.13. The van der Waals surface area contributed by atoms with Gasteiger partial charge in [-0.3, -0.25) is 4.79 Å². The van der Waals surface area contributed by atoms with Crippen LogP contribution in [-0.4, -0.2) is 23.5 Å². The third-order valence-electron chi connectivity index (χ3n) is 2.99. The molecule has 0 spiro atoms. The number of carbonyl (C=O) groups is 2. The number of aryl methyl sites for hydroxylation is 1. The van der Waals surface area contributed by atoms with Gasteiger partial charge in [-0.15, -0.1) is 11.3 Å². The zero-order chi connectivity index (χ0) is 18.2. The summed E-state index contributed by atoms with van der Waals surface area (Å²) in [5, 5.41) is 17.0. The Bertz CT molecular complexity index is 852. The lowest BCUT2D eigenvalue weighted by Gasteiger charge is -2.09. The molecule has 2 N–H and O–H groups in total. The maximum atomic E-state index is 12.3. The predicted molar refractivity (Wildman–Crippen MR) is 95.2 cm³/mol. The van der Waals surface area contributed by atoms with E-state index in [-0.39, 0.29) is 23.4 Å². The van der Waals surface area contributed by atoms with Crippen LogP contribution in [0.1, 0.15) is 23.0 Å². The number of aromatic nitrogens is 1. The lowest BCUT2D eigenvalue weighted by molar-refractivity contribution is -0.112. The van der Waals surface area contributed by atoms with Gasteiger partial charge in [0.05, 0.1) is 23.6 Å². The lowest BCUT2D eigenvalue weighted by atomic mass is 10.1. The minimum absolute atomic E-state index is 0.147. The average molecular weight is 356 g/mol. The number of thiazole rings is 1. The fourth-order valence-corrected chi connectivity index (χ4v) is 2.53. The first-order chi connectivity index (χ1) is 12.0. The van der Waals surface area contributed by atoms with Crippen molar-refractivity contribution < 1.29 is 14.3 Å². The van der Waals surface area contributed by atoms with Crippen LogP contribution in [0, 0.1) is 18.3 Å². The van der Waals surface area contributed by atoms with Crippen molar-refractivity contribution in [3.05, 3.63) is 52.7 Å². The van der Waals surface area contributed by atoms with Gasteiger partial charge in [0, 0.05) is 11.6 Å². The van der Waals surface area contributed by atoms with Crippen LogP contribution in [0.4, 0.5) is 10.8 Å². The number of benzene rings is 1. The molecule has 1 aromatic carbocycles. The summed E-state index contributed by atoms with van der Waals surface area (Å²) >= 11 is 1.36. The van der Waals surface area contributed by atoms with E-state index in [0.29, 0.717) is 5.13 Å². The number of nitrogens with one attached hydrogen (secondary N) is 2. The Kier molecular flexibility index (Phi) is 6.26. The van der Waals surface area contributed by atoms with Gasteiger partial charge >= 0.3 is 5.97 Å². The number of anilines is 2. The quantitative estimate of drug-likeness (QED) is 0.468. The Morgan fingerprint density at radius 2 is 2.16 bits per heavy atom. The molecule has 0 aliphatic rings. The molecule has 0 unspecified atom stereocenters. The summed E-state index contributed by atoms with van der Waals surface area (Å²) in [6.45, 7) is 3.76. The molecule has 2 aromatic rings. The van der Waals surface area contributed by atoms with E-state index in [1.807, 2.05) is 18.4 Å². The molecule has 0 fully saturated rings. The predicted octanol–water partition coefficient (Wildman–Crippen LogP) is 3.09. The molecular formula is C17H16N4O3S. The Hall–Kier alpha value is -3.18. The first-order valence-corrected chi connectivity index (χ1v) is 8.29. The molecule has 0 atom stereocenters. The van der Waals surface area contributed by atoms with Crippen molar-refractivity contribution in [2.24, 2.45) is 0 Å². The van der Waals surface area contributed by atoms with Crippen molar-refractivity contribution >= 4 is 34.0 Å². The molecule has 0 aliphatic heterocycles. The lowest BCUT2D eigenvalue weighted by Crippen LogP contribution is -2.17. The SMILES string of the molecule is CCOC(=O)c1ccccc1NC(=O)/C(C#N)=C\Nc1nc(C)cs1. The Morgan fingerprint density at radius 1 is 1.40 bits per heavy atom. The highest BCUT2D eigenvalue weighted by Gasteiger charge is 2.16. The topological polar surface area (TPSA) is 104 Å². The molecule has 0 radical (unpaired) electrons. The van der Waals surface area contributed by atoms with Crippen LogP contribution in [0.5, 0.6) is 0 Å². The van der Waals surface area contributed by atoms with Crippen LogP contribution in [-0.2, 0) is 9.53 Å². The van der Waals surface area contributed by atoms with E-state index in [0.717, 1.165) is 5.69 Å². The Balaban J connectivity index is 2.15. The summed E-state index contributed by atoms with van der Waals surface area (Å²) < 4.78 is 4.96. The number of carbonyl (C=O) groups excluding carboxylic acids is 2. The molecular weight excluding hydrogens is 340 g/mol. The van der Waals surface area contributed by atoms with Gasteiger partial charge in [0.2, 0.25) is 0 Å². The van der Waals surface area contributed by atoms with Crippen molar-refractivity contribution in [3.63, 3.8) is 0 Å². The molecule has 0 saturated heterocycles. The summed E-state index contributed by atoms with van der Waals surface area (Å²) in [7, 11) is 0. The van der Waals surface area contributed by atoms with Gasteiger partial charge in [-0.05, 0) is 26.0 Å². The number of esters is 1. The number of para-hydroxylation sites is 1. The summed E-state index contributed by atoms with van der Waals surface area (Å²) in [5.41, 5.74) is 1.19. The van der Waals surface area contributed by atoms with Crippen LogP contribution in [0.3, 0.4) is 0 Å². The van der Waals surface area contributed by atoms with Gasteiger partial charge in [0.1, 0.15) is 11.6 Å². The minimum Gasteiger partial charge on any atom is -0.462 e. The summed E-state index contributed by atoms with van der Waals surface area (Å²) in [6.07, 6.45) is 1.28. The van der Waals surface area contributed by atoms with Gasteiger partial charge in [-0.25, -0.2) is 9.78 Å². The fraction of sp³-hybridized carbons (Fsp3) is 0.176. The molecule has 0 bridgehead atoms. The number of hydrogen-bond acceptors (Lipinski definition) is 7. The van der Waals surface area contributed by atoms with E-state index < -0.39 is 11.9 Å². The number of nitrogens with zero attached hydrogens (tertiary/aromatic N) is 2. The highest BCUT2D eigenvalue weighted by atomic mass is 32.1. The Morgan fingerprint density at radius 3 is 2.80 bits per heavy atom. The standard InChI is InChI=1S/C17H16N4O3S/c1-3-24-16(23)13-6-4-5-7-14(13)21-15(22)12(8-18)9-19-17-20-11(2)10-25-17/h4-7,9-10H,3H2,1-2H3,(H,19,20)(H,21,22)/b12-9-. The normalized spacial score (nSPS) is 10.7. The largest absolute Gasteiger partial charge is 0.462 e. The van der Waals surface area contributed by atoms with Crippen LogP contribution < -0.4 is 10.6 Å². The Labute approximate surface area is 149 Å². The monoisotopic (exact) mass is 356 g/mol. The van der Waals surface area contributed by atoms with Gasteiger partial charge < -0.3 is 15.4 Å².